The minimum Gasteiger partial charge on any atom is -0.341 e. The molecule has 0 radical (unpaired) electrons. The molecule has 2 amide bonds. The van der Waals surface area contributed by atoms with Crippen LogP contribution >= 0.6 is 22.6 Å². The zero-order valence-corrected chi connectivity index (χ0v) is 22.1. The Bertz CT molecular complexity index is 1490. The Morgan fingerprint density at radius 1 is 1.11 bits per heavy atom. The number of benzene rings is 2. The van der Waals surface area contributed by atoms with Gasteiger partial charge in [-0.1, -0.05) is 71.0 Å². The maximum Gasteiger partial charge on any atom is 0.266 e. The standard InChI is InChI=1S/C25H20FIN8O3/c1-15-18(26)24(38-25(15,12-27)32-33-28)34-14-31-19-20(34)29-13-30-21(19)35(22(36)16-8-4-2-5-9-16)23(37)17-10-6-3-7-11-17/h2-11,13-15,18,24H,12H2,1H3/t15-,18+,24+,25+/m0/s1. The van der Waals surface area contributed by atoms with Crippen LogP contribution in [0.3, 0.4) is 0 Å². The van der Waals surface area contributed by atoms with Gasteiger partial charge in [-0.3, -0.25) is 14.2 Å². The van der Waals surface area contributed by atoms with E-state index >= 15 is 4.39 Å². The maximum absolute atomic E-state index is 15.5. The van der Waals surface area contributed by atoms with Crippen molar-refractivity contribution in [3.63, 3.8) is 0 Å². The van der Waals surface area contributed by atoms with Crippen LogP contribution in [-0.2, 0) is 4.74 Å². The van der Waals surface area contributed by atoms with Crippen molar-refractivity contribution >= 4 is 51.4 Å². The van der Waals surface area contributed by atoms with Crippen LogP contribution in [-0.4, -0.2) is 47.7 Å². The summed E-state index contributed by atoms with van der Waals surface area (Å²) >= 11 is 1.99. The van der Waals surface area contributed by atoms with Crippen LogP contribution in [0.5, 0.6) is 0 Å². The highest BCUT2D eigenvalue weighted by Crippen LogP contribution is 2.46. The Kier molecular flexibility index (Phi) is 7.06. The monoisotopic (exact) mass is 626 g/mol. The fourth-order valence-electron chi connectivity index (χ4n) is 4.35. The summed E-state index contributed by atoms with van der Waals surface area (Å²) in [5, 5.41) is 3.75. The highest BCUT2D eigenvalue weighted by molar-refractivity contribution is 14.1. The lowest BCUT2D eigenvalue weighted by molar-refractivity contribution is -0.0673. The Balaban J connectivity index is 1.63. The number of imide groups is 1. The van der Waals surface area contributed by atoms with Crippen molar-refractivity contribution in [3.05, 3.63) is 94.9 Å². The van der Waals surface area contributed by atoms with E-state index in [0.717, 1.165) is 4.90 Å². The van der Waals surface area contributed by atoms with Gasteiger partial charge in [0.2, 0.25) is 0 Å². The zero-order valence-electron chi connectivity index (χ0n) is 19.9. The molecular formula is C25H20FIN8O3. The SMILES string of the molecule is C[C@H]1[C@@H](F)[C@H](n2cnc3c(N(C(=O)c4ccccc4)C(=O)c4ccccc4)ncnc32)O[C@@]1(CI)N=[N+]=[N-]. The fourth-order valence-corrected chi connectivity index (χ4v) is 5.38. The number of rotatable bonds is 6. The number of amides is 2. The number of halogens is 2. The summed E-state index contributed by atoms with van der Waals surface area (Å²) in [6.07, 6.45) is -0.283. The molecule has 1 fully saturated rings. The first-order valence-corrected chi connectivity index (χ1v) is 13.0. The predicted molar refractivity (Wildman–Crippen MR) is 144 cm³/mol. The number of anilines is 1. The number of ether oxygens (including phenoxy) is 1. The smallest absolute Gasteiger partial charge is 0.266 e. The van der Waals surface area contributed by atoms with E-state index in [0.29, 0.717) is 0 Å². The Morgan fingerprint density at radius 2 is 1.71 bits per heavy atom. The highest BCUT2D eigenvalue weighted by atomic mass is 127. The van der Waals surface area contributed by atoms with Crippen LogP contribution in [0.15, 0.2) is 78.4 Å². The molecular weight excluding hydrogens is 606 g/mol. The molecule has 0 bridgehead atoms. The van der Waals surface area contributed by atoms with E-state index in [1.165, 1.54) is 17.2 Å². The molecule has 11 nitrogen and oxygen atoms in total. The van der Waals surface area contributed by atoms with Crippen LogP contribution < -0.4 is 4.90 Å². The minimum absolute atomic E-state index is 0.0619. The van der Waals surface area contributed by atoms with E-state index < -0.39 is 35.9 Å². The van der Waals surface area contributed by atoms with Gasteiger partial charge in [0.15, 0.2) is 35.1 Å². The van der Waals surface area contributed by atoms with E-state index in [4.69, 9.17) is 10.3 Å². The van der Waals surface area contributed by atoms with Crippen molar-refractivity contribution in [2.24, 2.45) is 11.0 Å². The molecule has 5 rings (SSSR count). The van der Waals surface area contributed by atoms with Crippen LogP contribution in [0, 0.1) is 5.92 Å². The molecule has 2 aromatic heterocycles. The second-order valence-corrected chi connectivity index (χ2v) is 9.37. The summed E-state index contributed by atoms with van der Waals surface area (Å²) in [5.74, 6) is -2.05. The first-order chi connectivity index (χ1) is 18.4. The summed E-state index contributed by atoms with van der Waals surface area (Å²) in [5.41, 5.74) is 8.42. The second kappa shape index (κ2) is 10.4. The summed E-state index contributed by atoms with van der Waals surface area (Å²) in [7, 11) is 0. The van der Waals surface area contributed by atoms with Crippen molar-refractivity contribution in [1.29, 1.82) is 0 Å². The molecule has 1 aliphatic rings. The Hall–Kier alpha value is -3.94. The molecule has 38 heavy (non-hydrogen) atoms. The van der Waals surface area contributed by atoms with E-state index in [2.05, 4.69) is 25.0 Å². The molecule has 0 spiro atoms. The van der Waals surface area contributed by atoms with Gasteiger partial charge in [-0.25, -0.2) is 24.2 Å². The van der Waals surface area contributed by atoms with Gasteiger partial charge in [0.25, 0.3) is 11.8 Å². The van der Waals surface area contributed by atoms with E-state index in [-0.39, 0.29) is 32.5 Å². The van der Waals surface area contributed by atoms with Gasteiger partial charge in [-0.05, 0) is 29.8 Å². The predicted octanol–water partition coefficient (Wildman–Crippen LogP) is 5.26. The number of carbonyl (C=O) groups is 2. The molecule has 4 aromatic rings. The largest absolute Gasteiger partial charge is 0.341 e. The first kappa shape index (κ1) is 25.7. The molecule has 13 heteroatoms. The van der Waals surface area contributed by atoms with Crippen LogP contribution in [0.1, 0.15) is 33.9 Å². The van der Waals surface area contributed by atoms with E-state index in [9.17, 15) is 9.59 Å². The summed E-state index contributed by atoms with van der Waals surface area (Å²) in [4.78, 5) is 43.9. The van der Waals surface area contributed by atoms with Crippen molar-refractivity contribution < 1.29 is 18.7 Å². The lowest BCUT2D eigenvalue weighted by Gasteiger charge is -2.24. The summed E-state index contributed by atoms with van der Waals surface area (Å²) < 4.78 is 23.1. The van der Waals surface area contributed by atoms with E-state index in [1.54, 1.807) is 67.6 Å². The number of carbonyl (C=O) groups excluding carboxylic acids is 2. The molecule has 2 aromatic carbocycles. The maximum atomic E-state index is 15.5. The molecule has 1 aliphatic heterocycles. The van der Waals surface area contributed by atoms with Crippen LogP contribution in [0.2, 0.25) is 0 Å². The number of fused-ring (bicyclic) bond motifs is 1. The second-order valence-electron chi connectivity index (χ2n) is 8.61. The third kappa shape index (κ3) is 4.27. The molecule has 0 aliphatic carbocycles. The number of nitrogens with zero attached hydrogens (tertiary/aromatic N) is 8. The summed E-state index contributed by atoms with van der Waals surface area (Å²) in [6.45, 7) is 1.61. The van der Waals surface area contributed by atoms with E-state index in [1.807, 2.05) is 22.6 Å². The number of hydrogen-bond acceptors (Lipinski definition) is 7. The third-order valence-corrected chi connectivity index (χ3v) is 7.56. The number of alkyl halides is 2. The average Bonchev–Trinajstić information content (AvgIpc) is 3.49. The molecule has 0 N–H and O–H groups in total. The molecule has 3 heterocycles. The summed E-state index contributed by atoms with van der Waals surface area (Å²) in [6, 6.07) is 16.6. The molecule has 4 atom stereocenters. The zero-order chi connectivity index (χ0) is 26.9. The fraction of sp³-hybridized carbons (Fsp3) is 0.240. The van der Waals surface area contributed by atoms with Crippen LogP contribution in [0.4, 0.5) is 10.2 Å². The Labute approximate surface area is 229 Å². The lowest BCUT2D eigenvalue weighted by Crippen LogP contribution is -2.38. The van der Waals surface area contributed by atoms with Gasteiger partial charge in [-0.15, -0.1) is 0 Å². The third-order valence-electron chi connectivity index (χ3n) is 6.46. The number of hydrogen-bond donors (Lipinski definition) is 0. The van der Waals surface area contributed by atoms with Crippen molar-refractivity contribution in [3.8, 4) is 0 Å². The van der Waals surface area contributed by atoms with Gasteiger partial charge in [0.05, 0.1) is 6.33 Å². The van der Waals surface area contributed by atoms with Crippen molar-refractivity contribution in [1.82, 2.24) is 19.5 Å². The van der Waals surface area contributed by atoms with Crippen molar-refractivity contribution in [2.45, 2.75) is 25.0 Å². The van der Waals surface area contributed by atoms with Crippen LogP contribution in [0.25, 0.3) is 21.6 Å². The van der Waals surface area contributed by atoms with Gasteiger partial charge in [0.1, 0.15) is 6.33 Å². The average molecular weight is 626 g/mol. The van der Waals surface area contributed by atoms with Gasteiger partial charge >= 0.3 is 0 Å². The Morgan fingerprint density at radius 3 is 2.26 bits per heavy atom. The van der Waals surface area contributed by atoms with Crippen molar-refractivity contribution in [2.75, 3.05) is 9.33 Å². The molecule has 192 valence electrons. The molecule has 1 saturated heterocycles. The number of imidazole rings is 1. The number of azide groups is 1. The quantitative estimate of drug-likeness (QED) is 0.0715. The number of aromatic nitrogens is 4. The van der Waals surface area contributed by atoms with Gasteiger partial charge < -0.3 is 4.74 Å². The van der Waals surface area contributed by atoms with Gasteiger partial charge in [-0.2, -0.15) is 0 Å². The molecule has 0 unspecified atom stereocenters. The first-order valence-electron chi connectivity index (χ1n) is 11.5. The topological polar surface area (TPSA) is 139 Å². The molecule has 0 saturated carbocycles. The van der Waals surface area contributed by atoms with Gasteiger partial charge in [0, 0.05) is 26.4 Å². The normalized spacial score (nSPS) is 22.7. The highest BCUT2D eigenvalue weighted by Gasteiger charge is 2.53. The lowest BCUT2D eigenvalue weighted by atomic mass is 9.98. The minimum atomic E-state index is -1.56.